The standard InChI is InChI=1S/C23H18N4O3/c1-2-11-30-15-10-6-5-9-14(15)16-17-19(12-7-3-4-8-13(12)20(17)28)25-21-18(16)22(29)27-23(24)26-21/h2-10,16H,1,11H2,(H4,24,25,26,27,29)/t16-/m0/s1. The van der Waals surface area contributed by atoms with E-state index in [9.17, 15) is 9.59 Å². The Hall–Kier alpha value is -4.13. The summed E-state index contributed by atoms with van der Waals surface area (Å²) in [4.78, 5) is 33.2. The average Bonchev–Trinajstić information content (AvgIpc) is 3.03. The van der Waals surface area contributed by atoms with Gasteiger partial charge in [0, 0.05) is 22.3 Å². The van der Waals surface area contributed by atoms with E-state index in [1.165, 1.54) is 0 Å². The van der Waals surface area contributed by atoms with Crippen LogP contribution in [0.4, 0.5) is 11.8 Å². The van der Waals surface area contributed by atoms with Crippen LogP contribution in [0, 0.1) is 0 Å². The molecule has 0 unspecified atom stereocenters. The second kappa shape index (κ2) is 6.73. The molecule has 2 aromatic carbocycles. The molecule has 0 fully saturated rings. The number of carbonyl (C=O) groups excluding carboxylic acids is 1. The quantitative estimate of drug-likeness (QED) is 0.583. The van der Waals surface area contributed by atoms with Crippen LogP contribution in [0.15, 0.2) is 71.6 Å². The SMILES string of the molecule is C=CCOc1ccccc1[C@H]1C2=C(Nc3nc(N)[nH]c(=O)c31)c1ccccc1C2=O. The van der Waals surface area contributed by atoms with E-state index in [0.29, 0.717) is 46.1 Å². The van der Waals surface area contributed by atoms with Crippen molar-refractivity contribution in [2.45, 2.75) is 5.92 Å². The molecule has 30 heavy (non-hydrogen) atoms. The van der Waals surface area contributed by atoms with Gasteiger partial charge >= 0.3 is 0 Å². The fourth-order valence-corrected chi connectivity index (χ4v) is 4.15. The number of nitrogens with zero attached hydrogens (tertiary/aromatic N) is 1. The Morgan fingerprint density at radius 1 is 1.10 bits per heavy atom. The van der Waals surface area contributed by atoms with Crippen LogP contribution < -0.4 is 21.3 Å². The number of hydrogen-bond donors (Lipinski definition) is 3. The first kappa shape index (κ1) is 17.9. The van der Waals surface area contributed by atoms with Crippen molar-refractivity contribution in [3.05, 3.63) is 99.4 Å². The predicted molar refractivity (Wildman–Crippen MR) is 115 cm³/mol. The number of anilines is 2. The maximum atomic E-state index is 13.4. The normalized spacial score (nSPS) is 16.4. The number of ether oxygens (including phenoxy) is 1. The zero-order valence-corrected chi connectivity index (χ0v) is 15.9. The second-order valence-corrected chi connectivity index (χ2v) is 7.07. The number of ketones is 1. The van der Waals surface area contributed by atoms with E-state index >= 15 is 0 Å². The minimum Gasteiger partial charge on any atom is -0.489 e. The number of carbonyl (C=O) groups is 1. The van der Waals surface area contributed by atoms with E-state index in [1.807, 2.05) is 42.5 Å². The Balaban J connectivity index is 1.80. The molecule has 2 heterocycles. The predicted octanol–water partition coefficient (Wildman–Crippen LogP) is 3.08. The lowest BCUT2D eigenvalue weighted by molar-refractivity contribution is 0.103. The van der Waals surface area contributed by atoms with E-state index in [1.54, 1.807) is 12.1 Å². The number of Topliss-reactive ketones (excluding diaryl/α,β-unsaturated/α-hetero) is 1. The highest BCUT2D eigenvalue weighted by molar-refractivity contribution is 6.23. The molecule has 1 aliphatic heterocycles. The van der Waals surface area contributed by atoms with E-state index in [0.717, 1.165) is 5.56 Å². The van der Waals surface area contributed by atoms with Crippen LogP contribution in [0.3, 0.4) is 0 Å². The molecule has 1 aromatic heterocycles. The summed E-state index contributed by atoms with van der Waals surface area (Å²) >= 11 is 0. The molecular weight excluding hydrogens is 380 g/mol. The molecule has 0 spiro atoms. The van der Waals surface area contributed by atoms with Gasteiger partial charge in [-0.15, -0.1) is 0 Å². The lowest BCUT2D eigenvalue weighted by Gasteiger charge is -2.28. The first-order valence-corrected chi connectivity index (χ1v) is 9.47. The molecule has 4 N–H and O–H groups in total. The van der Waals surface area contributed by atoms with E-state index in [-0.39, 0.29) is 11.7 Å². The fourth-order valence-electron chi connectivity index (χ4n) is 4.15. The second-order valence-electron chi connectivity index (χ2n) is 7.07. The highest BCUT2D eigenvalue weighted by atomic mass is 16.5. The molecule has 1 aliphatic carbocycles. The van der Waals surface area contributed by atoms with Crippen LogP contribution in [-0.2, 0) is 0 Å². The molecule has 7 heteroatoms. The first-order chi connectivity index (χ1) is 14.6. The van der Waals surface area contributed by atoms with E-state index in [4.69, 9.17) is 10.5 Å². The first-order valence-electron chi connectivity index (χ1n) is 9.47. The Morgan fingerprint density at radius 3 is 2.63 bits per heavy atom. The van der Waals surface area contributed by atoms with Gasteiger partial charge in [-0.3, -0.25) is 14.6 Å². The lowest BCUT2D eigenvalue weighted by atomic mass is 9.81. The zero-order valence-electron chi connectivity index (χ0n) is 15.9. The molecule has 5 rings (SSSR count). The van der Waals surface area contributed by atoms with Crippen molar-refractivity contribution >= 4 is 23.2 Å². The minimum atomic E-state index is -0.658. The number of allylic oxidation sites excluding steroid dienone is 1. The van der Waals surface area contributed by atoms with E-state index < -0.39 is 11.5 Å². The monoisotopic (exact) mass is 398 g/mol. The summed E-state index contributed by atoms with van der Waals surface area (Å²) in [6.07, 6.45) is 1.64. The van der Waals surface area contributed by atoms with Crippen LogP contribution in [0.25, 0.3) is 5.70 Å². The average molecular weight is 398 g/mol. The molecule has 7 nitrogen and oxygen atoms in total. The number of benzene rings is 2. The minimum absolute atomic E-state index is 0.00264. The number of rotatable bonds is 4. The number of fused-ring (bicyclic) bond motifs is 3. The Labute approximate surface area is 171 Å². The number of H-pyrrole nitrogens is 1. The summed E-state index contributed by atoms with van der Waals surface area (Å²) < 4.78 is 5.85. The summed E-state index contributed by atoms with van der Waals surface area (Å²) in [5, 5.41) is 3.18. The molecule has 1 atom stereocenters. The maximum absolute atomic E-state index is 13.4. The third-order valence-corrected chi connectivity index (χ3v) is 5.34. The largest absolute Gasteiger partial charge is 0.489 e. The van der Waals surface area contributed by atoms with Crippen molar-refractivity contribution in [3.8, 4) is 5.75 Å². The lowest BCUT2D eigenvalue weighted by Crippen LogP contribution is -2.29. The van der Waals surface area contributed by atoms with Gasteiger partial charge in [-0.25, -0.2) is 0 Å². The topological polar surface area (TPSA) is 110 Å². The number of para-hydroxylation sites is 1. The van der Waals surface area contributed by atoms with Crippen LogP contribution in [0.5, 0.6) is 5.75 Å². The van der Waals surface area contributed by atoms with Gasteiger partial charge in [-0.2, -0.15) is 4.98 Å². The third kappa shape index (κ3) is 2.56. The summed E-state index contributed by atoms with van der Waals surface area (Å²) in [6, 6.07) is 14.7. The van der Waals surface area contributed by atoms with Gasteiger partial charge in [0.05, 0.1) is 17.2 Å². The Kier molecular flexibility index (Phi) is 4.03. The van der Waals surface area contributed by atoms with Gasteiger partial charge in [-0.1, -0.05) is 55.1 Å². The van der Waals surface area contributed by atoms with Gasteiger partial charge in [-0.05, 0) is 6.07 Å². The maximum Gasteiger partial charge on any atom is 0.258 e. The van der Waals surface area contributed by atoms with E-state index in [2.05, 4.69) is 21.9 Å². The highest BCUT2D eigenvalue weighted by Crippen LogP contribution is 2.49. The third-order valence-electron chi connectivity index (χ3n) is 5.34. The molecule has 3 aromatic rings. The number of nitrogens with one attached hydrogen (secondary N) is 2. The number of aromatic amines is 1. The Morgan fingerprint density at radius 2 is 1.83 bits per heavy atom. The molecule has 0 radical (unpaired) electrons. The van der Waals surface area contributed by atoms with Gasteiger partial charge in [0.1, 0.15) is 18.2 Å². The number of nitrogens with two attached hydrogens (primary N) is 1. The smallest absolute Gasteiger partial charge is 0.258 e. The summed E-state index contributed by atoms with van der Waals surface area (Å²) in [6.45, 7) is 3.99. The van der Waals surface area contributed by atoms with Crippen molar-refractivity contribution in [3.63, 3.8) is 0 Å². The van der Waals surface area contributed by atoms with Gasteiger partial charge in [0.25, 0.3) is 5.56 Å². The summed E-state index contributed by atoms with van der Waals surface area (Å²) in [5.74, 6) is 0.125. The molecule has 0 amide bonds. The van der Waals surface area contributed by atoms with Crippen molar-refractivity contribution in [1.29, 1.82) is 0 Å². The highest BCUT2D eigenvalue weighted by Gasteiger charge is 2.42. The summed E-state index contributed by atoms with van der Waals surface area (Å²) in [5.41, 5.74) is 8.93. The zero-order chi connectivity index (χ0) is 20.8. The van der Waals surface area contributed by atoms with Crippen LogP contribution >= 0.6 is 0 Å². The van der Waals surface area contributed by atoms with Crippen molar-refractivity contribution in [2.75, 3.05) is 17.7 Å². The molecule has 0 saturated heterocycles. The Bertz CT molecular complexity index is 1310. The van der Waals surface area contributed by atoms with Crippen molar-refractivity contribution in [2.24, 2.45) is 0 Å². The van der Waals surface area contributed by atoms with Gasteiger partial charge in [0.2, 0.25) is 5.95 Å². The molecule has 0 saturated carbocycles. The van der Waals surface area contributed by atoms with Crippen LogP contribution in [0.1, 0.15) is 33.0 Å². The molecular formula is C23H18N4O3. The number of hydrogen-bond acceptors (Lipinski definition) is 6. The van der Waals surface area contributed by atoms with Crippen molar-refractivity contribution in [1.82, 2.24) is 9.97 Å². The number of aromatic nitrogens is 2. The van der Waals surface area contributed by atoms with Crippen molar-refractivity contribution < 1.29 is 9.53 Å². The van der Waals surface area contributed by atoms with Gasteiger partial charge in [0.15, 0.2) is 5.78 Å². The molecule has 0 bridgehead atoms. The van der Waals surface area contributed by atoms with Gasteiger partial charge < -0.3 is 15.8 Å². The summed E-state index contributed by atoms with van der Waals surface area (Å²) in [7, 11) is 0. The van der Waals surface area contributed by atoms with Crippen LogP contribution in [-0.4, -0.2) is 22.4 Å². The number of nitrogen functional groups attached to an aromatic ring is 1. The van der Waals surface area contributed by atoms with Crippen LogP contribution in [0.2, 0.25) is 0 Å². The molecule has 2 aliphatic rings. The molecule has 148 valence electrons. The fraction of sp³-hybridized carbons (Fsp3) is 0.0870.